The highest BCUT2D eigenvalue weighted by Gasteiger charge is 2.16. The summed E-state index contributed by atoms with van der Waals surface area (Å²) in [6.45, 7) is 6.86. The Hall–Kier alpha value is -0.780. The third-order valence-corrected chi connectivity index (χ3v) is 3.63. The monoisotopic (exact) mass is 188 g/mol. The van der Waals surface area contributed by atoms with Crippen LogP contribution in [0.25, 0.3) is 0 Å². The summed E-state index contributed by atoms with van der Waals surface area (Å²) < 4.78 is 0. The first-order chi connectivity index (χ1) is 6.74. The van der Waals surface area contributed by atoms with Gasteiger partial charge in [0.1, 0.15) is 0 Å². The van der Waals surface area contributed by atoms with E-state index in [1.54, 1.807) is 27.8 Å². The van der Waals surface area contributed by atoms with E-state index >= 15 is 0 Å². The zero-order valence-corrected chi connectivity index (χ0v) is 9.61. The minimum absolute atomic E-state index is 1.25. The zero-order valence-electron chi connectivity index (χ0n) is 9.61. The number of benzene rings is 1. The second-order valence-electron chi connectivity index (χ2n) is 4.53. The van der Waals surface area contributed by atoms with Gasteiger partial charge in [0.15, 0.2) is 0 Å². The Bertz CT molecular complexity index is 348. The molecule has 0 atom stereocenters. The van der Waals surface area contributed by atoms with Gasteiger partial charge in [0, 0.05) is 0 Å². The van der Waals surface area contributed by atoms with Crippen molar-refractivity contribution in [3.8, 4) is 0 Å². The maximum atomic E-state index is 2.47. The van der Waals surface area contributed by atoms with E-state index in [-0.39, 0.29) is 0 Å². The minimum Gasteiger partial charge on any atom is -0.0651 e. The molecule has 0 saturated heterocycles. The molecule has 1 aromatic rings. The van der Waals surface area contributed by atoms with Crippen molar-refractivity contribution in [1.29, 1.82) is 0 Å². The SMILES string of the molecule is CCCc1cc2c(c(C)c1C)CCC2. The minimum atomic E-state index is 1.25. The van der Waals surface area contributed by atoms with Crippen molar-refractivity contribution in [1.82, 2.24) is 0 Å². The lowest BCUT2D eigenvalue weighted by molar-refractivity contribution is 0.903. The lowest BCUT2D eigenvalue weighted by atomic mass is 9.93. The molecule has 0 bridgehead atoms. The summed E-state index contributed by atoms with van der Waals surface area (Å²) >= 11 is 0. The van der Waals surface area contributed by atoms with Gasteiger partial charge in [0.25, 0.3) is 0 Å². The van der Waals surface area contributed by atoms with Crippen LogP contribution in [0.3, 0.4) is 0 Å². The average molecular weight is 188 g/mol. The van der Waals surface area contributed by atoms with E-state index in [2.05, 4.69) is 26.8 Å². The Kier molecular flexibility index (Phi) is 2.62. The highest BCUT2D eigenvalue weighted by atomic mass is 14.2. The van der Waals surface area contributed by atoms with Gasteiger partial charge in [0.05, 0.1) is 0 Å². The van der Waals surface area contributed by atoms with Gasteiger partial charge in [-0.25, -0.2) is 0 Å². The molecule has 2 rings (SSSR count). The molecule has 0 amide bonds. The fourth-order valence-corrected chi connectivity index (χ4v) is 2.67. The standard InChI is InChI=1S/C14H20/c1-4-6-12-9-13-7-5-8-14(13)11(3)10(12)2/h9H,4-8H2,1-3H3. The lowest BCUT2D eigenvalue weighted by Crippen LogP contribution is -1.98. The van der Waals surface area contributed by atoms with Crippen LogP contribution in [0.1, 0.15) is 47.6 Å². The molecule has 0 fully saturated rings. The van der Waals surface area contributed by atoms with Crippen LogP contribution in [-0.2, 0) is 19.3 Å². The van der Waals surface area contributed by atoms with Gasteiger partial charge in [-0.2, -0.15) is 0 Å². The molecular formula is C14H20. The van der Waals surface area contributed by atoms with Crippen LogP contribution >= 0.6 is 0 Å². The van der Waals surface area contributed by atoms with E-state index in [0.717, 1.165) is 0 Å². The molecule has 1 aliphatic carbocycles. The fraction of sp³-hybridized carbons (Fsp3) is 0.571. The first-order valence-electron chi connectivity index (χ1n) is 5.85. The van der Waals surface area contributed by atoms with Crippen LogP contribution in [0, 0.1) is 13.8 Å². The summed E-state index contributed by atoms with van der Waals surface area (Å²) in [6.07, 6.45) is 6.51. The number of aryl methyl sites for hydroxylation is 2. The molecule has 0 N–H and O–H groups in total. The molecule has 0 radical (unpaired) electrons. The van der Waals surface area contributed by atoms with E-state index in [1.807, 2.05) is 0 Å². The van der Waals surface area contributed by atoms with Gasteiger partial charge in [-0.3, -0.25) is 0 Å². The molecule has 0 unspecified atom stereocenters. The lowest BCUT2D eigenvalue weighted by Gasteiger charge is -2.13. The van der Waals surface area contributed by atoms with Gasteiger partial charge in [-0.1, -0.05) is 19.4 Å². The molecule has 76 valence electrons. The van der Waals surface area contributed by atoms with Gasteiger partial charge >= 0.3 is 0 Å². The van der Waals surface area contributed by atoms with E-state index in [9.17, 15) is 0 Å². The van der Waals surface area contributed by atoms with E-state index < -0.39 is 0 Å². The normalized spacial score (nSPS) is 14.5. The molecule has 0 nitrogen and oxygen atoms in total. The van der Waals surface area contributed by atoms with Crippen LogP contribution in [0.5, 0.6) is 0 Å². The van der Waals surface area contributed by atoms with Crippen molar-refractivity contribution < 1.29 is 0 Å². The molecule has 1 aromatic carbocycles. The van der Waals surface area contributed by atoms with Crippen molar-refractivity contribution in [2.45, 2.75) is 52.9 Å². The van der Waals surface area contributed by atoms with Gasteiger partial charge < -0.3 is 0 Å². The van der Waals surface area contributed by atoms with Gasteiger partial charge in [0.2, 0.25) is 0 Å². The van der Waals surface area contributed by atoms with E-state index in [4.69, 9.17) is 0 Å². The summed E-state index contributed by atoms with van der Waals surface area (Å²) in [5.74, 6) is 0. The zero-order chi connectivity index (χ0) is 10.1. The highest BCUT2D eigenvalue weighted by Crippen LogP contribution is 2.30. The van der Waals surface area contributed by atoms with Crippen molar-refractivity contribution in [2.24, 2.45) is 0 Å². The molecule has 0 aliphatic heterocycles. The topological polar surface area (TPSA) is 0 Å². The Labute approximate surface area is 87.3 Å². The van der Waals surface area contributed by atoms with Crippen molar-refractivity contribution in [2.75, 3.05) is 0 Å². The number of fused-ring (bicyclic) bond motifs is 1. The third kappa shape index (κ3) is 1.47. The maximum absolute atomic E-state index is 2.47. The second-order valence-corrected chi connectivity index (χ2v) is 4.53. The first kappa shape index (κ1) is 9.76. The molecular weight excluding hydrogens is 168 g/mol. The predicted molar refractivity (Wildman–Crippen MR) is 61.9 cm³/mol. The van der Waals surface area contributed by atoms with Crippen molar-refractivity contribution in [3.63, 3.8) is 0 Å². The Morgan fingerprint density at radius 2 is 1.93 bits per heavy atom. The smallest absolute Gasteiger partial charge is 0.0270 e. The van der Waals surface area contributed by atoms with Crippen LogP contribution in [0.15, 0.2) is 6.07 Å². The summed E-state index contributed by atoms with van der Waals surface area (Å²) in [5.41, 5.74) is 8.00. The Balaban J connectivity index is 2.49. The van der Waals surface area contributed by atoms with Crippen LogP contribution in [0.2, 0.25) is 0 Å². The first-order valence-corrected chi connectivity index (χ1v) is 5.85. The predicted octanol–water partition coefficient (Wildman–Crippen LogP) is 3.74. The fourth-order valence-electron chi connectivity index (χ4n) is 2.67. The summed E-state index contributed by atoms with van der Waals surface area (Å²) in [6, 6.07) is 2.47. The van der Waals surface area contributed by atoms with Crippen LogP contribution in [0.4, 0.5) is 0 Å². The summed E-state index contributed by atoms with van der Waals surface area (Å²) in [7, 11) is 0. The Morgan fingerprint density at radius 3 is 2.64 bits per heavy atom. The van der Waals surface area contributed by atoms with Crippen molar-refractivity contribution in [3.05, 3.63) is 33.9 Å². The van der Waals surface area contributed by atoms with Crippen molar-refractivity contribution >= 4 is 0 Å². The van der Waals surface area contributed by atoms with Crippen LogP contribution in [-0.4, -0.2) is 0 Å². The second kappa shape index (κ2) is 3.76. The van der Waals surface area contributed by atoms with Crippen LogP contribution < -0.4 is 0 Å². The molecule has 14 heavy (non-hydrogen) atoms. The molecule has 1 aliphatic rings. The molecule has 0 saturated carbocycles. The quantitative estimate of drug-likeness (QED) is 0.663. The molecule has 0 heteroatoms. The molecule has 0 aromatic heterocycles. The molecule has 0 heterocycles. The number of hydrogen-bond acceptors (Lipinski definition) is 0. The average Bonchev–Trinajstić information content (AvgIpc) is 2.62. The number of hydrogen-bond donors (Lipinski definition) is 0. The summed E-state index contributed by atoms with van der Waals surface area (Å²) in [5, 5.41) is 0. The van der Waals surface area contributed by atoms with E-state index in [0.29, 0.717) is 0 Å². The van der Waals surface area contributed by atoms with E-state index in [1.165, 1.54) is 32.1 Å². The molecule has 0 spiro atoms. The number of rotatable bonds is 2. The van der Waals surface area contributed by atoms with Gasteiger partial charge in [-0.05, 0) is 67.3 Å². The summed E-state index contributed by atoms with van der Waals surface area (Å²) in [4.78, 5) is 0. The third-order valence-electron chi connectivity index (χ3n) is 3.63. The van der Waals surface area contributed by atoms with Gasteiger partial charge in [-0.15, -0.1) is 0 Å². The highest BCUT2D eigenvalue weighted by molar-refractivity contribution is 5.47. The maximum Gasteiger partial charge on any atom is -0.0270 e. The Morgan fingerprint density at radius 1 is 1.14 bits per heavy atom. The largest absolute Gasteiger partial charge is 0.0651 e.